The van der Waals surface area contributed by atoms with Crippen molar-refractivity contribution >= 4 is 10.0 Å². The second kappa shape index (κ2) is 7.81. The number of nitrogens with one attached hydrogen (secondary N) is 1. The van der Waals surface area contributed by atoms with Crippen LogP contribution in [0.25, 0.3) is 0 Å². The monoisotopic (exact) mass is 384 g/mol. The van der Waals surface area contributed by atoms with E-state index in [1.165, 1.54) is 18.6 Å². The molecule has 0 bridgehead atoms. The predicted molar refractivity (Wildman–Crippen MR) is 92.9 cm³/mol. The van der Waals surface area contributed by atoms with E-state index >= 15 is 0 Å². The van der Waals surface area contributed by atoms with Gasteiger partial charge in [0, 0.05) is 38.4 Å². The molecule has 2 heterocycles. The maximum Gasteiger partial charge on any atom is 0.259 e. The minimum atomic E-state index is -3.63. The molecule has 0 atom stereocenters. The number of aryl methyl sites for hydroxylation is 1. The van der Waals surface area contributed by atoms with E-state index in [4.69, 9.17) is 0 Å². The molecule has 1 N–H and O–H groups in total. The van der Waals surface area contributed by atoms with Crippen molar-refractivity contribution < 1.29 is 17.2 Å². The molecule has 26 heavy (non-hydrogen) atoms. The Morgan fingerprint density at radius 2 is 1.96 bits per heavy atom. The fourth-order valence-corrected chi connectivity index (χ4v) is 4.29. The van der Waals surface area contributed by atoms with Crippen LogP contribution in [-0.4, -0.2) is 42.0 Å². The summed E-state index contributed by atoms with van der Waals surface area (Å²) >= 11 is 0. The molecule has 1 aliphatic rings. The third-order valence-corrected chi connectivity index (χ3v) is 5.95. The fourth-order valence-electron chi connectivity index (χ4n) is 3.04. The summed E-state index contributed by atoms with van der Waals surface area (Å²) in [4.78, 5) is 6.05. The summed E-state index contributed by atoms with van der Waals surface area (Å²) in [5.74, 6) is -1.70. The highest BCUT2D eigenvalue weighted by Crippen LogP contribution is 2.17. The van der Waals surface area contributed by atoms with Crippen molar-refractivity contribution in [2.24, 2.45) is 0 Å². The maximum absolute atomic E-state index is 13.3. The van der Waals surface area contributed by atoms with Crippen molar-refractivity contribution in [3.8, 4) is 0 Å². The van der Waals surface area contributed by atoms with Gasteiger partial charge in [-0.3, -0.25) is 4.90 Å². The van der Waals surface area contributed by atoms with Gasteiger partial charge in [-0.2, -0.15) is 0 Å². The lowest BCUT2D eigenvalue weighted by Crippen LogP contribution is -2.44. The fraction of sp³-hybridized carbons (Fsp3) is 0.471. The van der Waals surface area contributed by atoms with Crippen molar-refractivity contribution in [3.05, 3.63) is 47.9 Å². The molecule has 1 fully saturated rings. The van der Waals surface area contributed by atoms with Gasteiger partial charge in [0.25, 0.3) is 10.0 Å². The van der Waals surface area contributed by atoms with Crippen molar-refractivity contribution in [3.63, 3.8) is 0 Å². The maximum atomic E-state index is 13.3. The van der Waals surface area contributed by atoms with E-state index in [2.05, 4.69) is 14.6 Å². The second-order valence-electron chi connectivity index (χ2n) is 6.46. The van der Waals surface area contributed by atoms with Gasteiger partial charge in [0.2, 0.25) is 0 Å². The number of sulfonamides is 1. The Kier molecular flexibility index (Phi) is 5.69. The van der Waals surface area contributed by atoms with Gasteiger partial charge in [0.05, 0.1) is 6.33 Å². The van der Waals surface area contributed by atoms with Gasteiger partial charge < -0.3 is 4.57 Å². The summed E-state index contributed by atoms with van der Waals surface area (Å²) in [5.41, 5.74) is 0.702. The van der Waals surface area contributed by atoms with Crippen LogP contribution in [0.4, 0.5) is 8.78 Å². The number of halogens is 2. The first-order chi connectivity index (χ1) is 12.4. The molecule has 0 radical (unpaired) electrons. The van der Waals surface area contributed by atoms with Gasteiger partial charge in [-0.25, -0.2) is 26.9 Å². The zero-order valence-electron chi connectivity index (χ0n) is 14.5. The molecule has 1 saturated heterocycles. The SMILES string of the molecule is CCn1cnc(S(=O)(=O)NC2CCN(Cc3ccc(F)c(F)c3)CC2)c1. The normalized spacial score (nSPS) is 16.9. The number of aromatic nitrogens is 2. The molecule has 3 rings (SSSR count). The van der Waals surface area contributed by atoms with Crippen molar-refractivity contribution in [2.45, 2.75) is 43.9 Å². The summed E-state index contributed by atoms with van der Waals surface area (Å²) in [6.45, 7) is 4.43. The van der Waals surface area contributed by atoms with E-state index in [0.717, 1.165) is 6.07 Å². The number of likely N-dealkylation sites (tertiary alicyclic amines) is 1. The van der Waals surface area contributed by atoms with Gasteiger partial charge >= 0.3 is 0 Å². The van der Waals surface area contributed by atoms with Crippen LogP contribution >= 0.6 is 0 Å². The first-order valence-corrected chi connectivity index (χ1v) is 10.1. The number of imidazole rings is 1. The van der Waals surface area contributed by atoms with E-state index in [1.807, 2.05) is 6.92 Å². The third-order valence-electron chi connectivity index (χ3n) is 4.55. The molecular weight excluding hydrogens is 362 g/mol. The molecule has 1 aromatic heterocycles. The van der Waals surface area contributed by atoms with Crippen LogP contribution in [0.5, 0.6) is 0 Å². The van der Waals surface area contributed by atoms with Crippen molar-refractivity contribution in [2.75, 3.05) is 13.1 Å². The quantitative estimate of drug-likeness (QED) is 0.829. The lowest BCUT2D eigenvalue weighted by atomic mass is 10.1. The minimum absolute atomic E-state index is 0.0311. The van der Waals surface area contributed by atoms with Crippen LogP contribution in [0, 0.1) is 11.6 Å². The second-order valence-corrected chi connectivity index (χ2v) is 8.12. The van der Waals surface area contributed by atoms with Gasteiger partial charge in [-0.15, -0.1) is 0 Å². The summed E-state index contributed by atoms with van der Waals surface area (Å²) in [7, 11) is -3.63. The largest absolute Gasteiger partial charge is 0.336 e. The van der Waals surface area contributed by atoms with Crippen LogP contribution < -0.4 is 4.72 Å². The topological polar surface area (TPSA) is 67.2 Å². The standard InChI is InChI=1S/C17H22F2N4O2S/c1-2-22-11-17(20-12-22)26(24,25)21-14-5-7-23(8-6-14)10-13-3-4-15(18)16(19)9-13/h3-4,9,11-12,14,21H,2,5-8,10H2,1H3. The number of piperidine rings is 1. The van der Waals surface area contributed by atoms with Crippen LogP contribution in [0.2, 0.25) is 0 Å². The molecule has 1 aromatic carbocycles. The van der Waals surface area contributed by atoms with Crippen molar-refractivity contribution in [1.29, 1.82) is 0 Å². The summed E-state index contributed by atoms with van der Waals surface area (Å²) in [6, 6.07) is 3.74. The van der Waals surface area contributed by atoms with E-state index in [0.29, 0.717) is 44.6 Å². The van der Waals surface area contributed by atoms with E-state index in [9.17, 15) is 17.2 Å². The van der Waals surface area contributed by atoms with Crippen LogP contribution in [0.15, 0.2) is 35.7 Å². The Morgan fingerprint density at radius 3 is 2.58 bits per heavy atom. The first-order valence-electron chi connectivity index (χ1n) is 8.58. The molecule has 0 aliphatic carbocycles. The highest BCUT2D eigenvalue weighted by atomic mass is 32.2. The zero-order chi connectivity index (χ0) is 18.7. The molecule has 0 amide bonds. The van der Waals surface area contributed by atoms with E-state index in [-0.39, 0.29) is 11.1 Å². The summed E-state index contributed by atoms with van der Waals surface area (Å²) < 4.78 is 55.5. The van der Waals surface area contributed by atoms with Gasteiger partial charge in [-0.05, 0) is 37.5 Å². The first kappa shape index (κ1) is 18.9. The molecule has 6 nitrogen and oxygen atoms in total. The molecular formula is C17H22F2N4O2S. The number of hydrogen-bond donors (Lipinski definition) is 1. The number of hydrogen-bond acceptors (Lipinski definition) is 4. The third kappa shape index (κ3) is 4.46. The van der Waals surface area contributed by atoms with Gasteiger partial charge in [0.1, 0.15) is 0 Å². The van der Waals surface area contributed by atoms with Crippen LogP contribution in [-0.2, 0) is 23.1 Å². The number of nitrogens with zero attached hydrogens (tertiary/aromatic N) is 3. The number of rotatable bonds is 6. The summed E-state index contributed by atoms with van der Waals surface area (Å²) in [5, 5.41) is 0.0311. The van der Waals surface area contributed by atoms with Crippen LogP contribution in [0.1, 0.15) is 25.3 Å². The average Bonchev–Trinajstić information content (AvgIpc) is 3.10. The van der Waals surface area contributed by atoms with Gasteiger partial charge in [-0.1, -0.05) is 6.07 Å². The Morgan fingerprint density at radius 1 is 1.23 bits per heavy atom. The van der Waals surface area contributed by atoms with Crippen molar-refractivity contribution in [1.82, 2.24) is 19.2 Å². The Balaban J connectivity index is 1.54. The summed E-state index contributed by atoms with van der Waals surface area (Å²) in [6.07, 6.45) is 4.31. The molecule has 0 spiro atoms. The molecule has 0 saturated carbocycles. The Bertz CT molecular complexity index is 861. The molecule has 142 valence electrons. The van der Waals surface area contributed by atoms with E-state index in [1.54, 1.807) is 10.6 Å². The van der Waals surface area contributed by atoms with Gasteiger partial charge in [0.15, 0.2) is 16.7 Å². The van der Waals surface area contributed by atoms with Crippen LogP contribution in [0.3, 0.4) is 0 Å². The lowest BCUT2D eigenvalue weighted by Gasteiger charge is -2.32. The minimum Gasteiger partial charge on any atom is -0.336 e. The molecule has 1 aliphatic heterocycles. The molecule has 0 unspecified atom stereocenters. The lowest BCUT2D eigenvalue weighted by molar-refractivity contribution is 0.199. The number of benzene rings is 1. The Labute approximate surface area is 151 Å². The Hall–Kier alpha value is -1.84. The van der Waals surface area contributed by atoms with E-state index < -0.39 is 21.7 Å². The molecule has 2 aromatic rings. The predicted octanol–water partition coefficient (Wildman–Crippen LogP) is 2.12. The molecule has 9 heteroatoms. The highest BCUT2D eigenvalue weighted by Gasteiger charge is 2.26. The highest BCUT2D eigenvalue weighted by molar-refractivity contribution is 7.89. The zero-order valence-corrected chi connectivity index (χ0v) is 15.3. The average molecular weight is 384 g/mol. The smallest absolute Gasteiger partial charge is 0.259 e.